The van der Waals surface area contributed by atoms with Crippen molar-refractivity contribution in [2.24, 2.45) is 0 Å². The summed E-state index contributed by atoms with van der Waals surface area (Å²) in [6.45, 7) is 4.23. The summed E-state index contributed by atoms with van der Waals surface area (Å²) >= 11 is 0. The lowest BCUT2D eigenvalue weighted by molar-refractivity contribution is 0.147. The van der Waals surface area contributed by atoms with Crippen LogP contribution in [0.5, 0.6) is 11.5 Å². The fourth-order valence-electron chi connectivity index (χ4n) is 2.13. The number of benzene rings is 1. The first-order valence-electron chi connectivity index (χ1n) is 6.00. The molecule has 1 aromatic carbocycles. The zero-order valence-electron chi connectivity index (χ0n) is 10.9. The molecule has 1 fully saturated rings. The first-order valence-corrected chi connectivity index (χ1v) is 6.00. The second kappa shape index (κ2) is 4.22. The molecule has 3 heteroatoms. The Balaban J connectivity index is 2.54. The summed E-state index contributed by atoms with van der Waals surface area (Å²) in [4.78, 5) is 0. The largest absolute Gasteiger partial charge is 0.496 e. The predicted molar refractivity (Wildman–Crippen MR) is 66.8 cm³/mol. The van der Waals surface area contributed by atoms with Gasteiger partial charge < -0.3 is 14.6 Å². The molecule has 1 N–H and O–H groups in total. The molecule has 0 unspecified atom stereocenters. The highest BCUT2D eigenvalue weighted by molar-refractivity contribution is 5.51. The Bertz CT molecular complexity index is 420. The summed E-state index contributed by atoms with van der Waals surface area (Å²) in [5.74, 6) is 1.90. The fraction of sp³-hybridized carbons (Fsp3) is 0.571. The minimum Gasteiger partial charge on any atom is -0.496 e. The van der Waals surface area contributed by atoms with Crippen LogP contribution in [0.25, 0.3) is 0 Å². The SMILES string of the molecule is COc1cc(OC)c(C2(O)CC2)cc1C(C)C. The van der Waals surface area contributed by atoms with Gasteiger partial charge in [0.1, 0.15) is 11.5 Å². The number of rotatable bonds is 4. The number of ether oxygens (including phenoxy) is 2. The van der Waals surface area contributed by atoms with E-state index in [1.165, 1.54) is 0 Å². The lowest BCUT2D eigenvalue weighted by Crippen LogP contribution is -2.09. The van der Waals surface area contributed by atoms with Gasteiger partial charge in [-0.15, -0.1) is 0 Å². The first-order chi connectivity index (χ1) is 8.01. The molecule has 0 amide bonds. The van der Waals surface area contributed by atoms with E-state index in [1.807, 2.05) is 12.1 Å². The summed E-state index contributed by atoms with van der Waals surface area (Å²) in [6, 6.07) is 3.90. The van der Waals surface area contributed by atoms with Crippen LogP contribution in [0, 0.1) is 0 Å². The van der Waals surface area contributed by atoms with Crippen LogP contribution >= 0.6 is 0 Å². The Hall–Kier alpha value is -1.22. The topological polar surface area (TPSA) is 38.7 Å². The van der Waals surface area contributed by atoms with Gasteiger partial charge in [0.25, 0.3) is 0 Å². The van der Waals surface area contributed by atoms with Crippen LogP contribution in [-0.4, -0.2) is 19.3 Å². The Morgan fingerprint density at radius 2 is 1.71 bits per heavy atom. The predicted octanol–water partition coefficient (Wildman–Crippen LogP) is 2.81. The molecule has 0 aromatic heterocycles. The van der Waals surface area contributed by atoms with E-state index in [2.05, 4.69) is 13.8 Å². The molecule has 0 radical (unpaired) electrons. The number of aliphatic hydroxyl groups is 1. The van der Waals surface area contributed by atoms with E-state index < -0.39 is 5.60 Å². The van der Waals surface area contributed by atoms with Gasteiger partial charge in [-0.1, -0.05) is 13.8 Å². The van der Waals surface area contributed by atoms with Gasteiger partial charge in [-0.3, -0.25) is 0 Å². The highest BCUT2D eigenvalue weighted by Gasteiger charge is 2.44. The van der Waals surface area contributed by atoms with Crippen molar-refractivity contribution >= 4 is 0 Å². The molecule has 3 nitrogen and oxygen atoms in total. The molecule has 1 aliphatic rings. The molecule has 0 heterocycles. The Morgan fingerprint density at radius 3 is 2.12 bits per heavy atom. The van der Waals surface area contributed by atoms with E-state index >= 15 is 0 Å². The molecule has 17 heavy (non-hydrogen) atoms. The zero-order chi connectivity index (χ0) is 12.6. The molecule has 0 aliphatic heterocycles. The average molecular weight is 236 g/mol. The molecule has 1 aliphatic carbocycles. The van der Waals surface area contributed by atoms with E-state index in [0.717, 1.165) is 29.7 Å². The maximum atomic E-state index is 10.3. The second-order valence-electron chi connectivity index (χ2n) is 4.98. The average Bonchev–Trinajstić information content (AvgIpc) is 3.06. The van der Waals surface area contributed by atoms with Crippen LogP contribution in [0.15, 0.2) is 12.1 Å². The second-order valence-corrected chi connectivity index (χ2v) is 4.98. The summed E-state index contributed by atoms with van der Waals surface area (Å²) in [6.07, 6.45) is 1.63. The van der Waals surface area contributed by atoms with Gasteiger partial charge in [0, 0.05) is 11.6 Å². The number of hydrogen-bond acceptors (Lipinski definition) is 3. The first kappa shape index (κ1) is 12.2. The fourth-order valence-corrected chi connectivity index (χ4v) is 2.13. The highest BCUT2D eigenvalue weighted by atomic mass is 16.5. The molecule has 0 saturated heterocycles. The lowest BCUT2D eigenvalue weighted by Gasteiger charge is -2.19. The Kier molecular flexibility index (Phi) is 3.04. The van der Waals surface area contributed by atoms with E-state index in [9.17, 15) is 5.11 Å². The molecule has 0 atom stereocenters. The molecule has 0 spiro atoms. The third-order valence-corrected chi connectivity index (χ3v) is 3.40. The molecule has 2 rings (SSSR count). The summed E-state index contributed by atoms with van der Waals surface area (Å²) in [7, 11) is 3.28. The van der Waals surface area contributed by atoms with Crippen LogP contribution in [-0.2, 0) is 5.60 Å². The van der Waals surface area contributed by atoms with Crippen molar-refractivity contribution in [3.8, 4) is 11.5 Å². The monoisotopic (exact) mass is 236 g/mol. The quantitative estimate of drug-likeness (QED) is 0.873. The van der Waals surface area contributed by atoms with Gasteiger partial charge >= 0.3 is 0 Å². The van der Waals surface area contributed by atoms with Crippen LogP contribution in [0.1, 0.15) is 43.7 Å². The van der Waals surface area contributed by atoms with Crippen molar-refractivity contribution in [3.05, 3.63) is 23.3 Å². The minimum absolute atomic E-state index is 0.358. The third kappa shape index (κ3) is 2.12. The molecular weight excluding hydrogens is 216 g/mol. The molecule has 1 aromatic rings. The van der Waals surface area contributed by atoms with E-state index in [1.54, 1.807) is 14.2 Å². The molecule has 94 valence electrons. The van der Waals surface area contributed by atoms with Gasteiger partial charge in [-0.05, 0) is 30.4 Å². The van der Waals surface area contributed by atoms with Crippen LogP contribution in [0.2, 0.25) is 0 Å². The van der Waals surface area contributed by atoms with Crippen LogP contribution < -0.4 is 9.47 Å². The van der Waals surface area contributed by atoms with Crippen molar-refractivity contribution in [2.75, 3.05) is 14.2 Å². The van der Waals surface area contributed by atoms with E-state index in [-0.39, 0.29) is 0 Å². The Morgan fingerprint density at radius 1 is 1.12 bits per heavy atom. The standard InChI is InChI=1S/C14H20O3/c1-9(2)10-7-11(14(15)5-6-14)13(17-4)8-12(10)16-3/h7-9,15H,5-6H2,1-4H3. The third-order valence-electron chi connectivity index (χ3n) is 3.40. The van der Waals surface area contributed by atoms with Gasteiger partial charge in [0.05, 0.1) is 19.8 Å². The van der Waals surface area contributed by atoms with Gasteiger partial charge in [-0.2, -0.15) is 0 Å². The van der Waals surface area contributed by atoms with Crippen molar-refractivity contribution in [3.63, 3.8) is 0 Å². The Labute approximate surface area is 102 Å². The zero-order valence-corrected chi connectivity index (χ0v) is 10.9. The number of hydrogen-bond donors (Lipinski definition) is 1. The van der Waals surface area contributed by atoms with Crippen LogP contribution in [0.4, 0.5) is 0 Å². The van der Waals surface area contributed by atoms with Crippen molar-refractivity contribution in [1.82, 2.24) is 0 Å². The molecule has 0 bridgehead atoms. The molecular formula is C14H20O3. The van der Waals surface area contributed by atoms with Gasteiger partial charge in [-0.25, -0.2) is 0 Å². The van der Waals surface area contributed by atoms with E-state index in [4.69, 9.17) is 9.47 Å². The summed E-state index contributed by atoms with van der Waals surface area (Å²) in [5.41, 5.74) is 1.33. The van der Waals surface area contributed by atoms with Gasteiger partial charge in [0.2, 0.25) is 0 Å². The minimum atomic E-state index is -0.679. The van der Waals surface area contributed by atoms with Crippen molar-refractivity contribution in [2.45, 2.75) is 38.2 Å². The van der Waals surface area contributed by atoms with Crippen LogP contribution in [0.3, 0.4) is 0 Å². The lowest BCUT2D eigenvalue weighted by atomic mass is 9.95. The van der Waals surface area contributed by atoms with Gasteiger partial charge in [0.15, 0.2) is 0 Å². The van der Waals surface area contributed by atoms with E-state index in [0.29, 0.717) is 11.7 Å². The number of methoxy groups -OCH3 is 2. The maximum absolute atomic E-state index is 10.3. The summed E-state index contributed by atoms with van der Waals surface area (Å²) < 4.78 is 10.7. The molecule has 1 saturated carbocycles. The van der Waals surface area contributed by atoms with Crippen molar-refractivity contribution in [1.29, 1.82) is 0 Å². The smallest absolute Gasteiger partial charge is 0.128 e. The maximum Gasteiger partial charge on any atom is 0.128 e. The highest BCUT2D eigenvalue weighted by Crippen LogP contribution is 2.50. The summed E-state index contributed by atoms with van der Waals surface area (Å²) in [5, 5.41) is 10.3. The normalized spacial score (nSPS) is 17.1. The van der Waals surface area contributed by atoms with Crippen molar-refractivity contribution < 1.29 is 14.6 Å².